The average molecular weight is 530 g/mol. The summed E-state index contributed by atoms with van der Waals surface area (Å²) in [5.74, 6) is 2.56. The molecule has 2 heterocycles. The molecular weight excluding hydrogens is 499 g/mol. The maximum Gasteiger partial charge on any atom is 0.188 e. The molecule has 1 saturated heterocycles. The van der Waals surface area contributed by atoms with Gasteiger partial charge in [0.2, 0.25) is 0 Å². The van der Waals surface area contributed by atoms with Crippen molar-refractivity contribution in [1.29, 1.82) is 0 Å². The molecule has 29 heavy (non-hydrogen) atoms. The highest BCUT2D eigenvalue weighted by Gasteiger charge is 2.19. The Hall–Kier alpha value is -1.52. The molecule has 3 N–H and O–H groups in total. The first-order valence-corrected chi connectivity index (χ1v) is 10.6. The van der Waals surface area contributed by atoms with Crippen molar-refractivity contribution in [3.8, 4) is 11.5 Å². The number of nitrogens with two attached hydrogens (primary N) is 1. The Kier molecular flexibility index (Phi) is 10.0. The first-order valence-electron chi connectivity index (χ1n) is 9.67. The van der Waals surface area contributed by atoms with Crippen molar-refractivity contribution in [3.63, 3.8) is 0 Å². The van der Waals surface area contributed by atoms with Crippen LogP contribution in [0.4, 0.5) is 0 Å². The first kappa shape index (κ1) is 23.8. The van der Waals surface area contributed by atoms with E-state index in [1.807, 2.05) is 29.5 Å². The summed E-state index contributed by atoms with van der Waals surface area (Å²) in [6.45, 7) is 4.76. The van der Waals surface area contributed by atoms with Gasteiger partial charge in [-0.05, 0) is 61.0 Å². The number of guanidine groups is 1. The zero-order valence-corrected chi connectivity index (χ0v) is 20.2. The number of nitrogens with zero attached hydrogens (tertiary/aromatic N) is 2. The Balaban J connectivity index is 0.00000300. The Morgan fingerprint density at radius 2 is 1.97 bits per heavy atom. The predicted octanol–water partition coefficient (Wildman–Crippen LogP) is 3.70. The third kappa shape index (κ3) is 7.35. The third-order valence-electron chi connectivity index (χ3n) is 5.12. The van der Waals surface area contributed by atoms with Gasteiger partial charge >= 0.3 is 0 Å². The molecule has 0 bridgehead atoms. The van der Waals surface area contributed by atoms with Gasteiger partial charge in [-0.1, -0.05) is 12.1 Å². The van der Waals surface area contributed by atoms with Crippen LogP contribution in [0.3, 0.4) is 0 Å². The molecule has 1 aliphatic heterocycles. The van der Waals surface area contributed by atoms with E-state index in [1.54, 1.807) is 14.2 Å². The van der Waals surface area contributed by atoms with Crippen LogP contribution < -0.4 is 20.5 Å². The van der Waals surface area contributed by atoms with Gasteiger partial charge < -0.3 is 20.5 Å². The van der Waals surface area contributed by atoms with Gasteiger partial charge in [-0.25, -0.2) is 4.99 Å². The molecule has 0 unspecified atom stereocenters. The Bertz CT molecular complexity index is 762. The van der Waals surface area contributed by atoms with Gasteiger partial charge in [-0.3, -0.25) is 4.90 Å². The SMILES string of the molecule is COc1ccc(CN=C(N)NCC2CCN(Cc3cccs3)CC2)cc1OC.I. The molecule has 0 spiro atoms. The van der Waals surface area contributed by atoms with E-state index in [0.717, 1.165) is 31.7 Å². The van der Waals surface area contributed by atoms with Crippen molar-refractivity contribution in [2.24, 2.45) is 16.6 Å². The normalized spacial score (nSPS) is 15.6. The average Bonchev–Trinajstić information content (AvgIpc) is 3.24. The number of rotatable bonds is 8. The summed E-state index contributed by atoms with van der Waals surface area (Å²) in [7, 11) is 3.26. The van der Waals surface area contributed by atoms with E-state index in [2.05, 4.69) is 32.7 Å². The molecule has 0 atom stereocenters. The van der Waals surface area contributed by atoms with E-state index < -0.39 is 0 Å². The lowest BCUT2D eigenvalue weighted by atomic mass is 9.97. The maximum atomic E-state index is 6.06. The summed E-state index contributed by atoms with van der Waals surface area (Å²) in [6.07, 6.45) is 2.39. The second-order valence-electron chi connectivity index (χ2n) is 7.07. The maximum absolute atomic E-state index is 6.06. The summed E-state index contributed by atoms with van der Waals surface area (Å²) in [5, 5.41) is 5.44. The molecule has 3 rings (SSSR count). The topological polar surface area (TPSA) is 72.1 Å². The zero-order valence-electron chi connectivity index (χ0n) is 17.1. The summed E-state index contributed by atoms with van der Waals surface area (Å²) < 4.78 is 10.6. The van der Waals surface area contributed by atoms with Crippen LogP contribution in [0.5, 0.6) is 11.5 Å². The van der Waals surface area contributed by atoms with E-state index in [-0.39, 0.29) is 24.0 Å². The number of piperidine rings is 1. The molecule has 0 radical (unpaired) electrons. The van der Waals surface area contributed by atoms with Gasteiger partial charge in [0.05, 0.1) is 20.8 Å². The van der Waals surface area contributed by atoms with Crippen LogP contribution in [0.1, 0.15) is 23.3 Å². The van der Waals surface area contributed by atoms with Crippen molar-refractivity contribution >= 4 is 41.3 Å². The molecule has 0 saturated carbocycles. The monoisotopic (exact) mass is 530 g/mol. The molecular formula is C21H31IN4O2S. The second-order valence-corrected chi connectivity index (χ2v) is 8.10. The first-order chi connectivity index (χ1) is 13.7. The summed E-state index contributed by atoms with van der Waals surface area (Å²) in [4.78, 5) is 8.44. The summed E-state index contributed by atoms with van der Waals surface area (Å²) in [5.41, 5.74) is 7.09. The molecule has 8 heteroatoms. The van der Waals surface area contributed by atoms with Gasteiger partial charge in [-0.2, -0.15) is 0 Å². The minimum Gasteiger partial charge on any atom is -0.493 e. The predicted molar refractivity (Wildman–Crippen MR) is 131 cm³/mol. The van der Waals surface area contributed by atoms with Crippen LogP contribution in [-0.2, 0) is 13.1 Å². The molecule has 0 aliphatic carbocycles. The Morgan fingerprint density at radius 3 is 2.62 bits per heavy atom. The standard InChI is InChI=1S/C21H30N4O2S.HI/c1-26-19-6-5-17(12-20(19)27-2)14-24-21(22)23-13-16-7-9-25(10-8-16)15-18-4-3-11-28-18;/h3-6,11-12,16H,7-10,13-15H2,1-2H3,(H3,22,23,24);1H. The van der Waals surface area contributed by atoms with Crippen molar-refractivity contribution in [2.75, 3.05) is 33.9 Å². The largest absolute Gasteiger partial charge is 0.493 e. The fourth-order valence-electron chi connectivity index (χ4n) is 3.43. The molecule has 1 aromatic carbocycles. The summed E-state index contributed by atoms with van der Waals surface area (Å²) >= 11 is 1.84. The number of thiophene rings is 1. The van der Waals surface area contributed by atoms with Crippen LogP contribution >= 0.6 is 35.3 Å². The number of likely N-dealkylation sites (tertiary alicyclic amines) is 1. The molecule has 0 amide bonds. The van der Waals surface area contributed by atoms with Crippen molar-refractivity contribution in [3.05, 3.63) is 46.2 Å². The lowest BCUT2D eigenvalue weighted by molar-refractivity contribution is 0.179. The minimum atomic E-state index is 0. The van der Waals surface area contributed by atoms with Gasteiger partial charge in [-0.15, -0.1) is 35.3 Å². The van der Waals surface area contributed by atoms with Gasteiger partial charge in [0.1, 0.15) is 0 Å². The van der Waals surface area contributed by atoms with E-state index in [0.29, 0.717) is 29.9 Å². The molecule has 2 aromatic rings. The van der Waals surface area contributed by atoms with E-state index in [4.69, 9.17) is 15.2 Å². The van der Waals surface area contributed by atoms with Crippen LogP contribution in [0.15, 0.2) is 40.7 Å². The number of methoxy groups -OCH3 is 2. The number of halogens is 1. The highest BCUT2D eigenvalue weighted by molar-refractivity contribution is 14.0. The zero-order chi connectivity index (χ0) is 19.8. The number of benzene rings is 1. The van der Waals surface area contributed by atoms with Gasteiger partial charge in [0.25, 0.3) is 0 Å². The lowest BCUT2D eigenvalue weighted by Crippen LogP contribution is -2.40. The molecule has 1 aromatic heterocycles. The lowest BCUT2D eigenvalue weighted by Gasteiger charge is -2.31. The van der Waals surface area contributed by atoms with Gasteiger partial charge in [0, 0.05) is 18.0 Å². The molecule has 6 nitrogen and oxygen atoms in total. The van der Waals surface area contributed by atoms with Crippen LogP contribution in [0, 0.1) is 5.92 Å². The minimum absolute atomic E-state index is 0. The third-order valence-corrected chi connectivity index (χ3v) is 5.98. The molecule has 1 aliphatic rings. The number of ether oxygens (including phenoxy) is 2. The van der Waals surface area contributed by atoms with E-state index in [9.17, 15) is 0 Å². The van der Waals surface area contributed by atoms with Gasteiger partial charge in [0.15, 0.2) is 17.5 Å². The quantitative estimate of drug-likeness (QED) is 0.310. The van der Waals surface area contributed by atoms with Crippen molar-refractivity contribution in [1.82, 2.24) is 10.2 Å². The number of hydrogen-bond donors (Lipinski definition) is 2. The van der Waals surface area contributed by atoms with Crippen molar-refractivity contribution < 1.29 is 9.47 Å². The van der Waals surface area contributed by atoms with Crippen molar-refractivity contribution in [2.45, 2.75) is 25.9 Å². The highest BCUT2D eigenvalue weighted by Crippen LogP contribution is 2.27. The van der Waals surface area contributed by atoms with E-state index >= 15 is 0 Å². The van der Waals surface area contributed by atoms with Crippen LogP contribution in [-0.4, -0.2) is 44.7 Å². The van der Waals surface area contributed by atoms with E-state index in [1.165, 1.54) is 17.7 Å². The van der Waals surface area contributed by atoms with Crippen LogP contribution in [0.25, 0.3) is 0 Å². The number of hydrogen-bond acceptors (Lipinski definition) is 5. The molecule has 1 fully saturated rings. The number of nitrogens with one attached hydrogen (secondary N) is 1. The second kappa shape index (κ2) is 12.2. The fraction of sp³-hybridized carbons (Fsp3) is 0.476. The van der Waals surface area contributed by atoms with Crippen LogP contribution in [0.2, 0.25) is 0 Å². The highest BCUT2D eigenvalue weighted by atomic mass is 127. The Labute approximate surface area is 194 Å². The Morgan fingerprint density at radius 1 is 1.21 bits per heavy atom. The number of aliphatic imine (C=N–C) groups is 1. The fourth-order valence-corrected chi connectivity index (χ4v) is 4.18. The smallest absolute Gasteiger partial charge is 0.188 e. The summed E-state index contributed by atoms with van der Waals surface area (Å²) in [6, 6.07) is 10.1. The molecule has 160 valence electrons.